The molecule has 1 aromatic carbocycles. The van der Waals surface area contributed by atoms with Crippen molar-refractivity contribution in [2.75, 3.05) is 0 Å². The van der Waals surface area contributed by atoms with Crippen LogP contribution in [0.25, 0.3) is 0 Å². The summed E-state index contributed by atoms with van der Waals surface area (Å²) in [5.41, 5.74) is 1.80. The minimum Gasteiger partial charge on any atom is -0.329 e. The number of carbonyl (C=O) groups excluding carboxylic acids is 1. The average Bonchev–Trinajstić information content (AvgIpc) is 2.67. The minimum atomic E-state index is 0.716. The van der Waals surface area contributed by atoms with E-state index in [-0.39, 0.29) is 0 Å². The van der Waals surface area contributed by atoms with E-state index in [1.165, 1.54) is 11.8 Å². The molecule has 0 N–H and O–H groups in total. The van der Waals surface area contributed by atoms with E-state index >= 15 is 0 Å². The summed E-state index contributed by atoms with van der Waals surface area (Å²) < 4.78 is 1.93. The molecule has 0 aliphatic rings. The lowest BCUT2D eigenvalue weighted by Gasteiger charge is -2.05. The fourth-order valence-corrected chi connectivity index (χ4v) is 2.28. The van der Waals surface area contributed by atoms with E-state index < -0.39 is 0 Å². The Bertz CT molecular complexity index is 519. The zero-order valence-electron chi connectivity index (χ0n) is 9.18. The molecule has 0 aliphatic heterocycles. The third-order valence-corrected chi connectivity index (χ3v) is 3.44. The minimum absolute atomic E-state index is 0.716. The third kappa shape index (κ3) is 2.17. The first kappa shape index (κ1) is 11.0. The highest BCUT2D eigenvalue weighted by Crippen LogP contribution is 2.28. The number of hydrogen-bond donors (Lipinski definition) is 0. The van der Waals surface area contributed by atoms with Crippen LogP contribution in [-0.2, 0) is 7.05 Å². The lowest BCUT2D eigenvalue weighted by atomic mass is 10.2. The van der Waals surface area contributed by atoms with Crippen molar-refractivity contribution in [2.45, 2.75) is 17.0 Å². The topological polar surface area (TPSA) is 34.9 Å². The molecule has 1 heterocycles. The highest BCUT2D eigenvalue weighted by atomic mass is 32.2. The van der Waals surface area contributed by atoms with Gasteiger partial charge in [-0.1, -0.05) is 23.4 Å². The Morgan fingerprint density at radius 3 is 2.88 bits per heavy atom. The second-order valence-electron chi connectivity index (χ2n) is 3.58. The number of carbonyl (C=O) groups is 1. The van der Waals surface area contributed by atoms with Gasteiger partial charge < -0.3 is 4.57 Å². The Kier molecular flexibility index (Phi) is 3.10. The Balaban J connectivity index is 2.34. The van der Waals surface area contributed by atoms with Gasteiger partial charge in [-0.15, -0.1) is 0 Å². The number of benzene rings is 1. The first-order valence-electron chi connectivity index (χ1n) is 4.91. The van der Waals surface area contributed by atoms with E-state index in [1.54, 1.807) is 6.20 Å². The third-order valence-electron chi connectivity index (χ3n) is 2.27. The molecule has 0 amide bonds. The second-order valence-corrected chi connectivity index (χ2v) is 4.59. The first-order valence-corrected chi connectivity index (χ1v) is 5.73. The van der Waals surface area contributed by atoms with Crippen LogP contribution in [0.2, 0.25) is 0 Å². The normalized spacial score (nSPS) is 10.4. The van der Waals surface area contributed by atoms with E-state index in [2.05, 4.69) is 4.98 Å². The molecular formula is C12H12N2OS. The van der Waals surface area contributed by atoms with Gasteiger partial charge in [0, 0.05) is 29.9 Å². The number of aromatic nitrogens is 2. The van der Waals surface area contributed by atoms with Crippen LogP contribution in [0, 0.1) is 6.92 Å². The fourth-order valence-electron chi connectivity index (χ4n) is 1.40. The Hall–Kier alpha value is -1.55. The van der Waals surface area contributed by atoms with Crippen molar-refractivity contribution in [1.29, 1.82) is 0 Å². The van der Waals surface area contributed by atoms with Crippen molar-refractivity contribution < 1.29 is 4.79 Å². The number of nitrogens with zero attached hydrogens (tertiary/aromatic N) is 2. The van der Waals surface area contributed by atoms with Crippen molar-refractivity contribution in [1.82, 2.24) is 9.55 Å². The van der Waals surface area contributed by atoms with E-state index in [9.17, 15) is 4.79 Å². The number of aldehydes is 1. The zero-order valence-corrected chi connectivity index (χ0v) is 9.99. The molecule has 0 radical (unpaired) electrons. The summed E-state index contributed by atoms with van der Waals surface area (Å²) >= 11 is 1.50. The molecule has 0 fully saturated rings. The maximum absolute atomic E-state index is 11.0. The average molecular weight is 232 g/mol. The lowest BCUT2D eigenvalue weighted by Crippen LogP contribution is -1.91. The SMILES string of the molecule is Cc1ccc(Sc2nccn2C)c(C=O)c1. The smallest absolute Gasteiger partial charge is 0.172 e. The predicted molar refractivity (Wildman–Crippen MR) is 63.9 cm³/mol. The molecule has 4 heteroatoms. The number of rotatable bonds is 3. The number of aryl methyl sites for hydroxylation is 2. The Labute approximate surface area is 98.5 Å². The fraction of sp³-hybridized carbons (Fsp3) is 0.167. The lowest BCUT2D eigenvalue weighted by molar-refractivity contribution is 0.112. The summed E-state index contributed by atoms with van der Waals surface area (Å²) in [6.07, 6.45) is 4.52. The quantitative estimate of drug-likeness (QED) is 0.763. The van der Waals surface area contributed by atoms with Crippen LogP contribution < -0.4 is 0 Å². The molecule has 0 saturated heterocycles. The van der Waals surface area contributed by atoms with Gasteiger partial charge in [-0.3, -0.25) is 4.79 Å². The van der Waals surface area contributed by atoms with Crippen LogP contribution in [0.3, 0.4) is 0 Å². The van der Waals surface area contributed by atoms with Gasteiger partial charge >= 0.3 is 0 Å². The molecule has 82 valence electrons. The molecule has 2 aromatic rings. The summed E-state index contributed by atoms with van der Waals surface area (Å²) in [5.74, 6) is 0. The maximum Gasteiger partial charge on any atom is 0.172 e. The van der Waals surface area contributed by atoms with Gasteiger partial charge in [0.25, 0.3) is 0 Å². The largest absolute Gasteiger partial charge is 0.329 e. The molecule has 0 unspecified atom stereocenters. The van der Waals surface area contributed by atoms with Gasteiger partial charge in [-0.25, -0.2) is 4.98 Å². The molecule has 0 aliphatic carbocycles. The molecular weight excluding hydrogens is 220 g/mol. The Morgan fingerprint density at radius 1 is 1.44 bits per heavy atom. The highest BCUT2D eigenvalue weighted by Gasteiger charge is 2.07. The van der Waals surface area contributed by atoms with Crippen LogP contribution in [0.15, 0.2) is 40.6 Å². The summed E-state index contributed by atoms with van der Waals surface area (Å²) in [4.78, 5) is 16.1. The molecule has 2 rings (SSSR count). The predicted octanol–water partition coefficient (Wildman–Crippen LogP) is 2.69. The van der Waals surface area contributed by atoms with Gasteiger partial charge in [0.1, 0.15) is 0 Å². The monoisotopic (exact) mass is 232 g/mol. The molecule has 0 spiro atoms. The zero-order chi connectivity index (χ0) is 11.5. The standard InChI is InChI=1S/C12H12N2OS/c1-9-3-4-11(10(7-9)8-15)16-12-13-5-6-14(12)2/h3-8H,1-2H3. The van der Waals surface area contributed by atoms with Gasteiger partial charge in [-0.2, -0.15) is 0 Å². The maximum atomic E-state index is 11.0. The van der Waals surface area contributed by atoms with E-state index in [4.69, 9.17) is 0 Å². The van der Waals surface area contributed by atoms with E-state index in [1.807, 2.05) is 42.9 Å². The van der Waals surface area contributed by atoms with Crippen molar-refractivity contribution in [3.63, 3.8) is 0 Å². The molecule has 0 saturated carbocycles. The van der Waals surface area contributed by atoms with Crippen molar-refractivity contribution in [2.24, 2.45) is 7.05 Å². The van der Waals surface area contributed by atoms with Crippen LogP contribution >= 0.6 is 11.8 Å². The van der Waals surface area contributed by atoms with Crippen molar-refractivity contribution >= 4 is 18.0 Å². The summed E-state index contributed by atoms with van der Waals surface area (Å²) in [6, 6.07) is 5.84. The summed E-state index contributed by atoms with van der Waals surface area (Å²) in [7, 11) is 1.93. The van der Waals surface area contributed by atoms with Crippen molar-refractivity contribution in [3.8, 4) is 0 Å². The summed E-state index contributed by atoms with van der Waals surface area (Å²) in [6.45, 7) is 1.97. The van der Waals surface area contributed by atoms with Gasteiger partial charge in [0.15, 0.2) is 11.4 Å². The van der Waals surface area contributed by atoms with Crippen molar-refractivity contribution in [3.05, 3.63) is 41.7 Å². The molecule has 3 nitrogen and oxygen atoms in total. The van der Waals surface area contributed by atoms with Crippen LogP contribution in [0.4, 0.5) is 0 Å². The first-order chi connectivity index (χ1) is 7.70. The Morgan fingerprint density at radius 2 is 2.25 bits per heavy atom. The van der Waals surface area contributed by atoms with Crippen LogP contribution in [-0.4, -0.2) is 15.8 Å². The van der Waals surface area contributed by atoms with Gasteiger partial charge in [-0.05, 0) is 19.1 Å². The highest BCUT2D eigenvalue weighted by molar-refractivity contribution is 7.99. The van der Waals surface area contributed by atoms with E-state index in [0.717, 1.165) is 21.9 Å². The molecule has 0 atom stereocenters. The number of hydrogen-bond acceptors (Lipinski definition) is 3. The van der Waals surface area contributed by atoms with E-state index in [0.29, 0.717) is 5.56 Å². The molecule has 0 bridgehead atoms. The summed E-state index contributed by atoms with van der Waals surface area (Å²) in [5, 5.41) is 0.881. The van der Waals surface area contributed by atoms with Gasteiger partial charge in [0.05, 0.1) is 0 Å². The molecule has 16 heavy (non-hydrogen) atoms. The van der Waals surface area contributed by atoms with Crippen LogP contribution in [0.1, 0.15) is 15.9 Å². The number of imidazole rings is 1. The van der Waals surface area contributed by atoms with Crippen LogP contribution in [0.5, 0.6) is 0 Å². The van der Waals surface area contributed by atoms with Gasteiger partial charge in [0.2, 0.25) is 0 Å². The molecule has 1 aromatic heterocycles. The second kappa shape index (κ2) is 4.53.